The number of benzene rings is 2. The number of hydrogen-bond acceptors (Lipinski definition) is 7. The Morgan fingerprint density at radius 2 is 1.85 bits per heavy atom. The lowest BCUT2D eigenvalue weighted by molar-refractivity contribution is -0.130. The van der Waals surface area contributed by atoms with Crippen LogP contribution in [0, 0.1) is 0 Å². The van der Waals surface area contributed by atoms with Crippen LogP contribution >= 0.6 is 0 Å². The fourth-order valence-corrected chi connectivity index (χ4v) is 4.45. The van der Waals surface area contributed by atoms with Gasteiger partial charge in [-0.2, -0.15) is 5.10 Å². The number of pyridine rings is 1. The lowest BCUT2D eigenvalue weighted by atomic mass is 10.00. The van der Waals surface area contributed by atoms with Crippen molar-refractivity contribution in [2.75, 3.05) is 19.8 Å². The van der Waals surface area contributed by atoms with Crippen LogP contribution in [0.3, 0.4) is 0 Å². The van der Waals surface area contributed by atoms with E-state index >= 15 is 0 Å². The zero-order chi connectivity index (χ0) is 28.6. The van der Waals surface area contributed by atoms with Gasteiger partial charge in [-0.1, -0.05) is 24.3 Å². The van der Waals surface area contributed by atoms with Gasteiger partial charge in [0, 0.05) is 24.5 Å². The Morgan fingerprint density at radius 1 is 1.07 bits per heavy atom. The third-order valence-corrected chi connectivity index (χ3v) is 6.52. The molecule has 41 heavy (non-hydrogen) atoms. The summed E-state index contributed by atoms with van der Waals surface area (Å²) >= 11 is 0. The van der Waals surface area contributed by atoms with Crippen molar-refractivity contribution in [3.05, 3.63) is 102 Å². The molecule has 6 rings (SSSR count). The van der Waals surface area contributed by atoms with E-state index in [0.717, 1.165) is 11.1 Å². The van der Waals surface area contributed by atoms with Gasteiger partial charge in [0.05, 0.1) is 17.3 Å². The molecule has 0 aliphatic carbocycles. The number of carbonyl (C=O) groups excluding carboxylic acids is 2. The number of fused-ring (bicyclic) bond motifs is 9. The van der Waals surface area contributed by atoms with Crippen LogP contribution in [0.2, 0.25) is 0 Å². The third kappa shape index (κ3) is 6.79. The summed E-state index contributed by atoms with van der Waals surface area (Å²) in [6.07, 6.45) is 5.80. The second-order valence-electron chi connectivity index (χ2n) is 9.41. The van der Waals surface area contributed by atoms with Crippen molar-refractivity contribution in [1.29, 1.82) is 0 Å². The van der Waals surface area contributed by atoms with Crippen LogP contribution in [-0.4, -0.2) is 63.6 Å². The highest BCUT2D eigenvalue weighted by molar-refractivity contribution is 5.97. The van der Waals surface area contributed by atoms with E-state index in [1.165, 1.54) is 4.68 Å². The van der Waals surface area contributed by atoms with Crippen molar-refractivity contribution in [1.82, 2.24) is 25.4 Å². The van der Waals surface area contributed by atoms with Gasteiger partial charge in [0.25, 0.3) is 11.8 Å². The first kappa shape index (κ1) is 27.6. The smallest absolute Gasteiger partial charge is 0.255 e. The van der Waals surface area contributed by atoms with Crippen molar-refractivity contribution < 1.29 is 24.2 Å². The molecular weight excluding hydrogens is 522 g/mol. The minimum absolute atomic E-state index is 0.208. The number of ether oxygens (including phenoxy) is 2. The van der Waals surface area contributed by atoms with E-state index in [9.17, 15) is 14.7 Å². The fraction of sp³-hybridized carbons (Fsp3) is 0.226. The molecule has 0 saturated heterocycles. The summed E-state index contributed by atoms with van der Waals surface area (Å²) < 4.78 is 13.2. The number of aliphatic hydroxyl groups excluding tert-OH is 1. The molecule has 210 valence electrons. The van der Waals surface area contributed by atoms with Crippen LogP contribution in [0.4, 0.5) is 0 Å². The highest BCUT2D eigenvalue weighted by Gasteiger charge is 2.29. The van der Waals surface area contributed by atoms with Crippen LogP contribution in [-0.2, 0) is 11.2 Å². The molecule has 10 nitrogen and oxygen atoms in total. The average molecular weight is 554 g/mol. The third-order valence-electron chi connectivity index (χ3n) is 6.52. The van der Waals surface area contributed by atoms with Crippen LogP contribution in [0.25, 0.3) is 17.1 Å². The maximum absolute atomic E-state index is 13.6. The molecule has 1 unspecified atom stereocenters. The van der Waals surface area contributed by atoms with Gasteiger partial charge in [0.2, 0.25) is 0 Å². The summed E-state index contributed by atoms with van der Waals surface area (Å²) in [7, 11) is 0. The van der Waals surface area contributed by atoms with Crippen molar-refractivity contribution in [3.8, 4) is 28.6 Å². The topological polar surface area (TPSA) is 128 Å². The zero-order valence-electron chi connectivity index (χ0n) is 22.6. The Kier molecular flexibility index (Phi) is 8.70. The second kappa shape index (κ2) is 12.9. The van der Waals surface area contributed by atoms with Gasteiger partial charge in [0.1, 0.15) is 24.7 Å². The lowest BCUT2D eigenvalue weighted by Crippen LogP contribution is -2.51. The quantitative estimate of drug-likeness (QED) is 0.333. The molecule has 2 aromatic carbocycles. The minimum Gasteiger partial charge on any atom is -0.490 e. The number of amides is 2. The Labute approximate surface area is 237 Å². The fourth-order valence-electron chi connectivity index (χ4n) is 4.45. The van der Waals surface area contributed by atoms with Crippen molar-refractivity contribution in [3.63, 3.8) is 0 Å². The van der Waals surface area contributed by atoms with Crippen molar-refractivity contribution in [2.24, 2.45) is 0 Å². The van der Waals surface area contributed by atoms with E-state index in [1.54, 1.807) is 31.5 Å². The second-order valence-corrected chi connectivity index (χ2v) is 9.41. The summed E-state index contributed by atoms with van der Waals surface area (Å²) in [6, 6.07) is 19.1. The average Bonchev–Trinajstić information content (AvgIpc) is 3.49. The predicted molar refractivity (Wildman–Crippen MR) is 153 cm³/mol. The molecule has 0 spiro atoms. The summed E-state index contributed by atoms with van der Waals surface area (Å²) in [5.41, 5.74) is 2.56. The Hall–Kier alpha value is -4.96. The van der Waals surface area contributed by atoms with Gasteiger partial charge in [-0.25, -0.2) is 9.67 Å². The molecule has 2 aliphatic rings. The van der Waals surface area contributed by atoms with E-state index in [-0.39, 0.29) is 12.0 Å². The molecule has 2 aliphatic heterocycles. The molecule has 0 radical (unpaired) electrons. The van der Waals surface area contributed by atoms with Gasteiger partial charge < -0.3 is 25.2 Å². The molecule has 2 aromatic heterocycles. The van der Waals surface area contributed by atoms with E-state index in [4.69, 9.17) is 9.47 Å². The number of nitrogens with zero attached hydrogens (tertiary/aromatic N) is 3. The van der Waals surface area contributed by atoms with Crippen molar-refractivity contribution in [2.45, 2.75) is 25.5 Å². The van der Waals surface area contributed by atoms with Gasteiger partial charge in [-0.15, -0.1) is 0 Å². The van der Waals surface area contributed by atoms with Gasteiger partial charge in [-0.3, -0.25) is 9.59 Å². The number of aromatic nitrogens is 3. The standard InChI is InChI=1S/C31H31N5O5/c1-2-32-31(39)28(37)27-19-21-10-12-23(13-11-21)40-17-3-4-18-41-24-8-5-7-22(20-24)26-14-16-36(35-26)29-25(30(38)34-27)9-6-15-33-29/h3-16,20,27-28,37H,2,17-19H2,1H3,(H,32,39)(H,34,38)/b4-3+/t27-,28?/m0/s1. The lowest BCUT2D eigenvalue weighted by Gasteiger charge is -2.24. The molecule has 10 heteroatoms. The number of carbonyl (C=O) groups is 2. The minimum atomic E-state index is -1.48. The molecule has 0 fully saturated rings. The summed E-state index contributed by atoms with van der Waals surface area (Å²) in [5, 5.41) is 21.0. The number of hydrogen-bond donors (Lipinski definition) is 3. The Morgan fingerprint density at radius 3 is 2.63 bits per heavy atom. The van der Waals surface area contributed by atoms with E-state index in [1.807, 2.05) is 66.7 Å². The van der Waals surface area contributed by atoms with Crippen LogP contribution in [0.15, 0.2) is 91.3 Å². The molecule has 4 heterocycles. The first-order valence-corrected chi connectivity index (χ1v) is 13.4. The van der Waals surface area contributed by atoms with Gasteiger partial charge in [0.15, 0.2) is 11.9 Å². The molecule has 3 N–H and O–H groups in total. The van der Waals surface area contributed by atoms with E-state index in [0.29, 0.717) is 42.8 Å². The Bertz CT molecular complexity index is 1530. The molecule has 2 amide bonds. The van der Waals surface area contributed by atoms with Gasteiger partial charge in [-0.05, 0) is 73.5 Å². The maximum atomic E-state index is 13.6. The monoisotopic (exact) mass is 553 g/mol. The first-order valence-electron chi connectivity index (χ1n) is 13.4. The van der Waals surface area contributed by atoms with Crippen molar-refractivity contribution >= 4 is 11.8 Å². The highest BCUT2D eigenvalue weighted by Crippen LogP contribution is 2.24. The molecular formula is C31H31N5O5. The van der Waals surface area contributed by atoms with Crippen LogP contribution in [0.5, 0.6) is 11.5 Å². The number of rotatable bonds is 3. The number of aliphatic hydroxyl groups is 1. The summed E-state index contributed by atoms with van der Waals surface area (Å²) in [6.45, 7) is 2.85. The normalized spacial score (nSPS) is 16.9. The zero-order valence-corrected chi connectivity index (χ0v) is 22.6. The molecule has 2 atom stereocenters. The van der Waals surface area contributed by atoms with E-state index in [2.05, 4.69) is 20.7 Å². The summed E-state index contributed by atoms with van der Waals surface area (Å²) in [4.78, 5) is 30.6. The number of nitrogens with one attached hydrogen (secondary N) is 2. The highest BCUT2D eigenvalue weighted by atomic mass is 16.5. The Balaban J connectivity index is 1.51. The summed E-state index contributed by atoms with van der Waals surface area (Å²) in [5.74, 6) is 0.596. The maximum Gasteiger partial charge on any atom is 0.255 e. The first-order chi connectivity index (χ1) is 20.0. The van der Waals surface area contributed by atoms with Crippen LogP contribution in [0.1, 0.15) is 22.8 Å². The number of likely N-dealkylation sites (N-methyl/N-ethyl adjacent to an activating group) is 1. The SMILES string of the molecule is CCNC(=O)C(O)[C@@H]1Cc2ccc(cc2)OC/C=C/COc2cccc(c2)-c2ccn(n2)-c2ncccc2C(=O)N1. The van der Waals surface area contributed by atoms with Gasteiger partial charge >= 0.3 is 0 Å². The van der Waals surface area contributed by atoms with Crippen LogP contribution < -0.4 is 20.1 Å². The van der Waals surface area contributed by atoms with E-state index < -0.39 is 24.0 Å². The molecule has 0 saturated carbocycles. The predicted octanol–water partition coefficient (Wildman–Crippen LogP) is 3.10. The molecule has 4 aromatic rings. The molecule has 6 bridgehead atoms. The largest absolute Gasteiger partial charge is 0.490 e.